The molecule has 0 atom stereocenters. The number of rotatable bonds is 3. The Morgan fingerprint density at radius 3 is 2.53 bits per heavy atom. The van der Waals surface area contributed by atoms with Crippen LogP contribution < -0.4 is 0 Å². The summed E-state index contributed by atoms with van der Waals surface area (Å²) in [7, 11) is 0. The van der Waals surface area contributed by atoms with E-state index in [4.69, 9.17) is 11.6 Å². The topological polar surface area (TPSA) is 25.8 Å². The van der Waals surface area contributed by atoms with Gasteiger partial charge in [0.2, 0.25) is 0 Å². The highest BCUT2D eigenvalue weighted by atomic mass is 35.5. The number of halogens is 1. The largest absolute Gasteiger partial charge is 0.255 e. The average Bonchev–Trinajstić information content (AvgIpc) is 2.37. The fourth-order valence-corrected chi connectivity index (χ4v) is 1.64. The third-order valence-electron chi connectivity index (χ3n) is 2.36. The lowest BCUT2D eigenvalue weighted by atomic mass is 10.1. The van der Waals surface area contributed by atoms with Crippen LogP contribution in [0.5, 0.6) is 0 Å². The first kappa shape index (κ1) is 11.8. The third kappa shape index (κ3) is 3.14. The summed E-state index contributed by atoms with van der Waals surface area (Å²) >= 11 is 5.61. The molecular weight excluding hydrogens is 232 g/mol. The minimum absolute atomic E-state index is 0.514. The second kappa shape index (κ2) is 5.60. The van der Waals surface area contributed by atoms with Gasteiger partial charge in [-0.1, -0.05) is 12.2 Å². The fourth-order valence-electron chi connectivity index (χ4n) is 1.55. The van der Waals surface area contributed by atoms with Crippen LogP contribution in [0.1, 0.15) is 11.1 Å². The van der Waals surface area contributed by atoms with E-state index in [0.29, 0.717) is 5.88 Å². The molecule has 0 radical (unpaired) electrons. The van der Waals surface area contributed by atoms with Gasteiger partial charge in [-0.25, -0.2) is 0 Å². The SMILES string of the molecule is Cc1ccnc(-c2cc(/C=C/CCl)ccn2)c1. The number of allylic oxidation sites excluding steroid dienone is 1. The van der Waals surface area contributed by atoms with Gasteiger partial charge in [0.1, 0.15) is 0 Å². The van der Waals surface area contributed by atoms with Gasteiger partial charge in [-0.15, -0.1) is 11.6 Å². The molecule has 17 heavy (non-hydrogen) atoms. The Hall–Kier alpha value is -1.67. The van der Waals surface area contributed by atoms with E-state index in [-0.39, 0.29) is 0 Å². The van der Waals surface area contributed by atoms with Crippen LogP contribution in [-0.2, 0) is 0 Å². The van der Waals surface area contributed by atoms with Crippen molar-refractivity contribution in [1.29, 1.82) is 0 Å². The molecule has 0 N–H and O–H groups in total. The Morgan fingerprint density at radius 1 is 1.12 bits per heavy atom. The number of nitrogens with zero attached hydrogens (tertiary/aromatic N) is 2. The number of pyridine rings is 2. The van der Waals surface area contributed by atoms with E-state index >= 15 is 0 Å². The van der Waals surface area contributed by atoms with E-state index in [1.165, 1.54) is 5.56 Å². The van der Waals surface area contributed by atoms with Gasteiger partial charge in [0.15, 0.2) is 0 Å². The molecule has 0 fully saturated rings. The molecule has 2 nitrogen and oxygen atoms in total. The predicted octanol–water partition coefficient (Wildman–Crippen LogP) is 3.70. The second-order valence-electron chi connectivity index (χ2n) is 3.75. The molecule has 0 saturated carbocycles. The molecule has 2 aromatic heterocycles. The van der Waals surface area contributed by atoms with Crippen molar-refractivity contribution in [3.8, 4) is 11.4 Å². The van der Waals surface area contributed by atoms with Gasteiger partial charge in [-0.2, -0.15) is 0 Å². The lowest BCUT2D eigenvalue weighted by Gasteiger charge is -2.02. The quantitative estimate of drug-likeness (QED) is 0.770. The molecular formula is C14H13ClN2. The van der Waals surface area contributed by atoms with E-state index in [1.807, 2.05) is 43.3 Å². The van der Waals surface area contributed by atoms with Crippen LogP contribution >= 0.6 is 11.6 Å². The molecule has 0 amide bonds. The summed E-state index contributed by atoms with van der Waals surface area (Å²) < 4.78 is 0. The van der Waals surface area contributed by atoms with Gasteiger partial charge in [0.05, 0.1) is 11.4 Å². The van der Waals surface area contributed by atoms with Crippen molar-refractivity contribution in [3.63, 3.8) is 0 Å². The lowest BCUT2D eigenvalue weighted by molar-refractivity contribution is 1.23. The highest BCUT2D eigenvalue weighted by Gasteiger charge is 2.01. The summed E-state index contributed by atoms with van der Waals surface area (Å²) in [5.41, 5.74) is 4.04. The maximum absolute atomic E-state index is 5.61. The van der Waals surface area contributed by atoms with Gasteiger partial charge >= 0.3 is 0 Å². The normalized spacial score (nSPS) is 10.9. The van der Waals surface area contributed by atoms with Crippen LogP contribution in [-0.4, -0.2) is 15.8 Å². The van der Waals surface area contributed by atoms with E-state index in [0.717, 1.165) is 17.0 Å². The molecule has 0 spiro atoms. The highest BCUT2D eigenvalue weighted by molar-refractivity contribution is 6.19. The Bertz CT molecular complexity index is 535. The molecule has 2 rings (SSSR count). The van der Waals surface area contributed by atoms with Crippen molar-refractivity contribution in [3.05, 3.63) is 53.9 Å². The third-order valence-corrected chi connectivity index (χ3v) is 2.54. The van der Waals surface area contributed by atoms with Gasteiger partial charge < -0.3 is 0 Å². The van der Waals surface area contributed by atoms with E-state index in [2.05, 4.69) is 9.97 Å². The number of hydrogen-bond donors (Lipinski definition) is 0. The number of aromatic nitrogens is 2. The molecule has 0 unspecified atom stereocenters. The molecule has 2 aromatic rings. The zero-order chi connectivity index (χ0) is 12.1. The van der Waals surface area contributed by atoms with E-state index in [9.17, 15) is 0 Å². The van der Waals surface area contributed by atoms with Gasteiger partial charge in [0, 0.05) is 18.3 Å². The monoisotopic (exact) mass is 244 g/mol. The van der Waals surface area contributed by atoms with Crippen molar-refractivity contribution in [2.24, 2.45) is 0 Å². The van der Waals surface area contributed by atoms with Crippen molar-refractivity contribution in [1.82, 2.24) is 9.97 Å². The number of aryl methyl sites for hydroxylation is 1. The summed E-state index contributed by atoms with van der Waals surface area (Å²) in [5.74, 6) is 0.514. The number of hydrogen-bond acceptors (Lipinski definition) is 2. The molecule has 0 aromatic carbocycles. The van der Waals surface area contributed by atoms with Crippen LogP contribution in [0.3, 0.4) is 0 Å². The van der Waals surface area contributed by atoms with Crippen LogP contribution in [0.25, 0.3) is 17.5 Å². The minimum Gasteiger partial charge on any atom is -0.255 e. The summed E-state index contributed by atoms with van der Waals surface area (Å²) in [6.07, 6.45) is 7.47. The Kier molecular flexibility index (Phi) is 3.89. The highest BCUT2D eigenvalue weighted by Crippen LogP contribution is 2.16. The molecule has 0 bridgehead atoms. The standard InChI is InChI=1S/C14H13ClN2/c1-11-4-7-16-13(9-11)14-10-12(3-2-6-15)5-8-17-14/h2-5,7-10H,6H2,1H3/b3-2+. The van der Waals surface area contributed by atoms with Crippen LogP contribution in [0.15, 0.2) is 42.7 Å². The van der Waals surface area contributed by atoms with Gasteiger partial charge in [0.25, 0.3) is 0 Å². The maximum Gasteiger partial charge on any atom is 0.0892 e. The van der Waals surface area contributed by atoms with Crippen LogP contribution in [0, 0.1) is 6.92 Å². The van der Waals surface area contributed by atoms with Gasteiger partial charge in [-0.05, 0) is 42.3 Å². The zero-order valence-electron chi connectivity index (χ0n) is 9.60. The molecule has 0 saturated heterocycles. The van der Waals surface area contributed by atoms with E-state index < -0.39 is 0 Å². The fraction of sp³-hybridized carbons (Fsp3) is 0.143. The molecule has 2 heterocycles. The maximum atomic E-state index is 5.61. The predicted molar refractivity (Wildman–Crippen MR) is 72.0 cm³/mol. The van der Waals surface area contributed by atoms with Crippen molar-refractivity contribution in [2.75, 3.05) is 5.88 Å². The first-order chi connectivity index (χ1) is 8.29. The summed E-state index contributed by atoms with van der Waals surface area (Å²) in [6.45, 7) is 2.04. The summed E-state index contributed by atoms with van der Waals surface area (Å²) in [5, 5.41) is 0. The minimum atomic E-state index is 0.514. The Labute approximate surface area is 106 Å². The number of alkyl halides is 1. The summed E-state index contributed by atoms with van der Waals surface area (Å²) in [4.78, 5) is 8.65. The second-order valence-corrected chi connectivity index (χ2v) is 4.06. The Morgan fingerprint density at radius 2 is 1.82 bits per heavy atom. The molecule has 0 aliphatic rings. The van der Waals surface area contributed by atoms with E-state index in [1.54, 1.807) is 12.4 Å². The summed E-state index contributed by atoms with van der Waals surface area (Å²) in [6, 6.07) is 7.95. The van der Waals surface area contributed by atoms with Crippen molar-refractivity contribution >= 4 is 17.7 Å². The molecule has 3 heteroatoms. The first-order valence-corrected chi connectivity index (χ1v) is 5.94. The van der Waals surface area contributed by atoms with Crippen LogP contribution in [0.4, 0.5) is 0 Å². The van der Waals surface area contributed by atoms with Crippen molar-refractivity contribution in [2.45, 2.75) is 6.92 Å². The van der Waals surface area contributed by atoms with Crippen LogP contribution in [0.2, 0.25) is 0 Å². The Balaban J connectivity index is 2.36. The molecule has 86 valence electrons. The smallest absolute Gasteiger partial charge is 0.0892 e. The lowest BCUT2D eigenvalue weighted by Crippen LogP contribution is -1.88. The average molecular weight is 245 g/mol. The zero-order valence-corrected chi connectivity index (χ0v) is 10.4. The first-order valence-electron chi connectivity index (χ1n) is 5.41. The van der Waals surface area contributed by atoms with Crippen molar-refractivity contribution < 1.29 is 0 Å². The molecule has 0 aliphatic carbocycles. The van der Waals surface area contributed by atoms with Gasteiger partial charge in [-0.3, -0.25) is 9.97 Å². The molecule has 0 aliphatic heterocycles.